The first-order chi connectivity index (χ1) is 14.2. The first-order valence-electron chi connectivity index (χ1n) is 10.5. The molecule has 7 heteroatoms. The van der Waals surface area contributed by atoms with Gasteiger partial charge in [0, 0.05) is 36.7 Å². The maximum atomic E-state index is 4.44. The highest BCUT2D eigenvalue weighted by Crippen LogP contribution is 2.29. The molecular weight excluding hydrogens is 380 g/mol. The van der Waals surface area contributed by atoms with Gasteiger partial charge < -0.3 is 4.90 Å². The van der Waals surface area contributed by atoms with Gasteiger partial charge in [0.1, 0.15) is 0 Å². The van der Waals surface area contributed by atoms with Crippen molar-refractivity contribution in [2.24, 2.45) is 0 Å². The van der Waals surface area contributed by atoms with Crippen molar-refractivity contribution in [2.75, 3.05) is 31.1 Å². The molecule has 1 fully saturated rings. The fourth-order valence-electron chi connectivity index (χ4n) is 4.21. The maximum absolute atomic E-state index is 4.44. The fraction of sp³-hybridized carbons (Fsp3) is 0.500. The molecule has 0 aliphatic carbocycles. The third kappa shape index (κ3) is 4.36. The molecule has 1 saturated heterocycles. The molecule has 1 aromatic carbocycles. The van der Waals surface area contributed by atoms with E-state index in [1.54, 1.807) is 11.3 Å². The van der Waals surface area contributed by atoms with Gasteiger partial charge in [-0.15, -0.1) is 16.4 Å². The Bertz CT molecular complexity index is 911. The van der Waals surface area contributed by atoms with E-state index in [9.17, 15) is 0 Å². The van der Waals surface area contributed by atoms with Gasteiger partial charge in [-0.2, -0.15) is 0 Å². The maximum Gasteiger partial charge on any atom is 0.168 e. The molecule has 0 unspecified atom stereocenters. The highest BCUT2D eigenvalue weighted by Gasteiger charge is 2.29. The largest absolute Gasteiger partial charge is 0.369 e. The number of aryl methyl sites for hydroxylation is 1. The Balaban J connectivity index is 1.48. The van der Waals surface area contributed by atoms with Crippen molar-refractivity contribution in [3.8, 4) is 0 Å². The van der Waals surface area contributed by atoms with Crippen LogP contribution in [0.3, 0.4) is 0 Å². The Morgan fingerprint density at radius 1 is 1.07 bits per heavy atom. The van der Waals surface area contributed by atoms with Crippen LogP contribution in [-0.4, -0.2) is 51.3 Å². The molecule has 1 atom stereocenters. The third-order valence-corrected chi connectivity index (χ3v) is 6.84. The van der Waals surface area contributed by atoms with Gasteiger partial charge in [-0.3, -0.25) is 4.90 Å². The predicted molar refractivity (Wildman–Crippen MR) is 119 cm³/mol. The van der Waals surface area contributed by atoms with Crippen LogP contribution in [0.5, 0.6) is 0 Å². The second-order valence-electron chi connectivity index (χ2n) is 7.82. The van der Waals surface area contributed by atoms with E-state index in [-0.39, 0.29) is 6.04 Å². The minimum Gasteiger partial charge on any atom is -0.369 e. The third-order valence-electron chi connectivity index (χ3n) is 5.98. The minimum absolute atomic E-state index is 0.274. The van der Waals surface area contributed by atoms with E-state index in [1.807, 2.05) is 4.68 Å². The number of aromatic nitrogens is 4. The molecule has 0 radical (unpaired) electrons. The zero-order chi connectivity index (χ0) is 20.2. The number of benzene rings is 1. The number of nitrogens with zero attached hydrogens (tertiary/aromatic N) is 6. The summed E-state index contributed by atoms with van der Waals surface area (Å²) in [5.41, 5.74) is 4.13. The number of rotatable bonds is 7. The molecule has 1 aliphatic heterocycles. The standard InChI is InChI=1S/C22H30N6S/c1-4-7-21(22-23-24-25-28(22)16-19-9-6-15-29-19)27-13-11-26(12-14-27)20-10-5-8-17(2)18(20)3/h5-6,8-10,15,21H,4,7,11-14,16H2,1-3H3/t21-/m1/s1. The summed E-state index contributed by atoms with van der Waals surface area (Å²) in [4.78, 5) is 6.38. The van der Waals surface area contributed by atoms with Gasteiger partial charge in [-0.25, -0.2) is 4.68 Å². The average Bonchev–Trinajstić information content (AvgIpc) is 3.41. The topological polar surface area (TPSA) is 50.1 Å². The Labute approximate surface area is 177 Å². The van der Waals surface area contributed by atoms with Gasteiger partial charge in [0.15, 0.2) is 5.82 Å². The van der Waals surface area contributed by atoms with Crippen LogP contribution in [0.15, 0.2) is 35.7 Å². The quantitative estimate of drug-likeness (QED) is 0.588. The zero-order valence-electron chi connectivity index (χ0n) is 17.6. The van der Waals surface area contributed by atoms with Crippen LogP contribution in [0, 0.1) is 13.8 Å². The van der Waals surface area contributed by atoms with Crippen molar-refractivity contribution in [3.63, 3.8) is 0 Å². The van der Waals surface area contributed by atoms with E-state index in [0.29, 0.717) is 0 Å². The Hall–Kier alpha value is -2.25. The summed E-state index contributed by atoms with van der Waals surface area (Å²) in [5, 5.41) is 14.9. The van der Waals surface area contributed by atoms with Gasteiger partial charge in [0.25, 0.3) is 0 Å². The van der Waals surface area contributed by atoms with Crippen LogP contribution in [0.25, 0.3) is 0 Å². The van der Waals surface area contributed by atoms with Gasteiger partial charge >= 0.3 is 0 Å². The molecule has 6 nitrogen and oxygen atoms in total. The van der Waals surface area contributed by atoms with Crippen LogP contribution in [0.1, 0.15) is 47.6 Å². The number of tetrazole rings is 1. The first kappa shape index (κ1) is 20.0. The number of anilines is 1. The van der Waals surface area contributed by atoms with Gasteiger partial charge in [0.2, 0.25) is 0 Å². The van der Waals surface area contributed by atoms with Crippen LogP contribution >= 0.6 is 11.3 Å². The van der Waals surface area contributed by atoms with E-state index in [2.05, 4.69) is 81.8 Å². The second-order valence-corrected chi connectivity index (χ2v) is 8.85. The number of hydrogen-bond acceptors (Lipinski definition) is 6. The summed E-state index contributed by atoms with van der Waals surface area (Å²) in [6.45, 7) is 11.6. The molecular formula is C22H30N6S. The minimum atomic E-state index is 0.274. The number of piperazine rings is 1. The van der Waals surface area contributed by atoms with E-state index < -0.39 is 0 Å². The summed E-state index contributed by atoms with van der Waals surface area (Å²) in [6, 6.07) is 11.1. The molecule has 1 aliphatic rings. The molecule has 0 bridgehead atoms. The van der Waals surface area contributed by atoms with Crippen LogP contribution in [0.2, 0.25) is 0 Å². The first-order valence-corrected chi connectivity index (χ1v) is 11.4. The highest BCUT2D eigenvalue weighted by molar-refractivity contribution is 7.09. The molecule has 3 aromatic rings. The smallest absolute Gasteiger partial charge is 0.168 e. The number of thiophene rings is 1. The van der Waals surface area contributed by atoms with E-state index in [1.165, 1.54) is 21.7 Å². The van der Waals surface area contributed by atoms with Gasteiger partial charge in [-0.05, 0) is 59.3 Å². The lowest BCUT2D eigenvalue weighted by Gasteiger charge is -2.40. The predicted octanol–water partition coefficient (Wildman–Crippen LogP) is 4.06. The molecule has 154 valence electrons. The molecule has 3 heterocycles. The summed E-state index contributed by atoms with van der Waals surface area (Å²) in [7, 11) is 0. The van der Waals surface area contributed by atoms with E-state index >= 15 is 0 Å². The molecule has 0 amide bonds. The Kier molecular flexibility index (Phi) is 6.25. The van der Waals surface area contributed by atoms with Crippen molar-refractivity contribution < 1.29 is 0 Å². The Morgan fingerprint density at radius 2 is 1.90 bits per heavy atom. The fourth-order valence-corrected chi connectivity index (χ4v) is 4.90. The van der Waals surface area contributed by atoms with Crippen molar-refractivity contribution in [1.29, 1.82) is 0 Å². The summed E-state index contributed by atoms with van der Waals surface area (Å²) in [6.07, 6.45) is 2.20. The normalized spacial score (nSPS) is 16.3. The lowest BCUT2D eigenvalue weighted by molar-refractivity contribution is 0.164. The van der Waals surface area contributed by atoms with Crippen molar-refractivity contribution in [3.05, 3.63) is 57.5 Å². The van der Waals surface area contributed by atoms with E-state index in [4.69, 9.17) is 0 Å². The SMILES string of the molecule is CCC[C@H](c1nnnn1Cc1cccs1)N1CCN(c2cccc(C)c2C)CC1. The van der Waals surface area contributed by atoms with Crippen molar-refractivity contribution >= 4 is 17.0 Å². The van der Waals surface area contributed by atoms with Gasteiger partial charge in [0.05, 0.1) is 12.6 Å². The van der Waals surface area contributed by atoms with Crippen molar-refractivity contribution in [2.45, 2.75) is 46.2 Å². The zero-order valence-corrected chi connectivity index (χ0v) is 18.4. The molecule has 4 rings (SSSR count). The molecule has 0 saturated carbocycles. The van der Waals surface area contributed by atoms with Crippen molar-refractivity contribution in [1.82, 2.24) is 25.1 Å². The molecule has 0 N–H and O–H groups in total. The van der Waals surface area contributed by atoms with Gasteiger partial charge in [-0.1, -0.05) is 31.5 Å². The summed E-state index contributed by atoms with van der Waals surface area (Å²) < 4.78 is 1.99. The van der Waals surface area contributed by atoms with E-state index in [0.717, 1.165) is 51.4 Å². The average molecular weight is 411 g/mol. The van der Waals surface area contributed by atoms with Crippen LogP contribution < -0.4 is 4.90 Å². The molecule has 29 heavy (non-hydrogen) atoms. The lowest BCUT2D eigenvalue weighted by atomic mass is 10.1. The molecule has 0 spiro atoms. The summed E-state index contributed by atoms with van der Waals surface area (Å²) in [5.74, 6) is 1.00. The van der Waals surface area contributed by atoms with Crippen LogP contribution in [0.4, 0.5) is 5.69 Å². The monoisotopic (exact) mass is 410 g/mol. The lowest BCUT2D eigenvalue weighted by Crippen LogP contribution is -2.48. The summed E-state index contributed by atoms with van der Waals surface area (Å²) >= 11 is 1.75. The molecule has 2 aromatic heterocycles. The van der Waals surface area contributed by atoms with Crippen LogP contribution in [-0.2, 0) is 6.54 Å². The Morgan fingerprint density at radius 3 is 2.62 bits per heavy atom. The highest BCUT2D eigenvalue weighted by atomic mass is 32.1. The second kappa shape index (κ2) is 9.05. The number of hydrogen-bond donors (Lipinski definition) is 0.